The topological polar surface area (TPSA) is 62.0 Å². The van der Waals surface area contributed by atoms with Crippen molar-refractivity contribution in [2.24, 2.45) is 0 Å². The molecule has 1 amide bonds. The highest BCUT2D eigenvalue weighted by molar-refractivity contribution is 6.30. The minimum atomic E-state index is -0.846. The lowest BCUT2D eigenvalue weighted by atomic mass is 9.89. The number of hydrogen-bond donors (Lipinski definition) is 1. The third-order valence-corrected chi connectivity index (χ3v) is 6.23. The van der Waals surface area contributed by atoms with E-state index in [0.717, 1.165) is 35.2 Å². The number of fused-ring (bicyclic) bond motifs is 3. The van der Waals surface area contributed by atoms with Crippen LogP contribution in [0, 0.1) is 5.82 Å². The van der Waals surface area contributed by atoms with Gasteiger partial charge in [0, 0.05) is 36.9 Å². The number of likely N-dealkylation sites (N-methyl/N-ethyl adjacent to an activating group) is 1. The van der Waals surface area contributed by atoms with Gasteiger partial charge in [-0.05, 0) is 53.8 Å². The molecular formula is C23H22ClFN2O3. The van der Waals surface area contributed by atoms with Crippen molar-refractivity contribution >= 4 is 29.0 Å². The van der Waals surface area contributed by atoms with Gasteiger partial charge in [-0.15, -0.1) is 0 Å². The number of carboxylic acid groups (broad SMARTS) is 1. The van der Waals surface area contributed by atoms with Crippen molar-refractivity contribution in [1.29, 1.82) is 0 Å². The van der Waals surface area contributed by atoms with Gasteiger partial charge in [0.25, 0.3) is 0 Å². The van der Waals surface area contributed by atoms with E-state index in [4.69, 9.17) is 11.6 Å². The van der Waals surface area contributed by atoms with Gasteiger partial charge in [-0.2, -0.15) is 0 Å². The van der Waals surface area contributed by atoms with Crippen LogP contribution >= 0.6 is 11.6 Å². The van der Waals surface area contributed by atoms with E-state index >= 15 is 0 Å². The van der Waals surface area contributed by atoms with Crippen LogP contribution in [0.25, 0.3) is 5.52 Å². The Morgan fingerprint density at radius 3 is 2.80 bits per heavy atom. The molecule has 1 aromatic carbocycles. The molecule has 156 valence electrons. The SMILES string of the molecule is CN(C(=O)Cc1ccc(F)c(Cl)c1)[C@@H]1CCc2c(CC(=O)O)c3ccccn3c2C1. The van der Waals surface area contributed by atoms with Crippen molar-refractivity contribution in [2.45, 2.75) is 38.1 Å². The van der Waals surface area contributed by atoms with Crippen LogP contribution in [0.3, 0.4) is 0 Å². The maximum atomic E-state index is 13.4. The highest BCUT2D eigenvalue weighted by Crippen LogP contribution is 2.32. The summed E-state index contributed by atoms with van der Waals surface area (Å²) in [6, 6.07) is 10.1. The van der Waals surface area contributed by atoms with Gasteiger partial charge in [0.15, 0.2) is 0 Å². The Hall–Kier alpha value is -2.86. The van der Waals surface area contributed by atoms with Crippen LogP contribution in [0.2, 0.25) is 5.02 Å². The van der Waals surface area contributed by atoms with Crippen LogP contribution in [-0.4, -0.2) is 39.4 Å². The minimum absolute atomic E-state index is 0.00634. The highest BCUT2D eigenvalue weighted by atomic mass is 35.5. The Morgan fingerprint density at radius 1 is 1.27 bits per heavy atom. The zero-order valence-corrected chi connectivity index (χ0v) is 17.3. The molecule has 1 atom stereocenters. The van der Waals surface area contributed by atoms with Crippen LogP contribution in [0.1, 0.15) is 28.8 Å². The molecule has 2 aromatic heterocycles. The Morgan fingerprint density at radius 2 is 2.07 bits per heavy atom. The van der Waals surface area contributed by atoms with Crippen molar-refractivity contribution in [1.82, 2.24) is 9.30 Å². The normalized spacial score (nSPS) is 15.8. The molecule has 1 aliphatic carbocycles. The first-order chi connectivity index (χ1) is 14.3. The van der Waals surface area contributed by atoms with Crippen molar-refractivity contribution in [3.8, 4) is 0 Å². The predicted octanol–water partition coefficient (Wildman–Crippen LogP) is 3.92. The molecule has 0 saturated heterocycles. The molecule has 1 aliphatic rings. The number of amides is 1. The largest absolute Gasteiger partial charge is 0.481 e. The lowest BCUT2D eigenvalue weighted by molar-refractivity contribution is -0.136. The van der Waals surface area contributed by atoms with Crippen LogP contribution in [-0.2, 0) is 35.3 Å². The Bertz CT molecular complexity index is 1140. The summed E-state index contributed by atoms with van der Waals surface area (Å²) in [6.45, 7) is 0. The maximum absolute atomic E-state index is 13.4. The summed E-state index contributed by atoms with van der Waals surface area (Å²) in [7, 11) is 1.79. The standard InChI is InChI=1S/C23H22ClFN2O3/c1-26(22(28)11-14-5-8-19(25)18(24)10-14)15-6-7-16-17(13-23(29)30)20-4-2-3-9-27(20)21(16)12-15/h2-5,8-10,15H,6-7,11-13H2,1H3,(H,29,30)/t15-/m1/s1. The summed E-state index contributed by atoms with van der Waals surface area (Å²) in [5.74, 6) is -1.41. The zero-order chi connectivity index (χ0) is 21.4. The van der Waals surface area contributed by atoms with Gasteiger partial charge >= 0.3 is 5.97 Å². The molecule has 0 spiro atoms. The number of carboxylic acids is 1. The maximum Gasteiger partial charge on any atom is 0.307 e. The molecule has 1 N–H and O–H groups in total. The number of carbonyl (C=O) groups is 2. The predicted molar refractivity (Wildman–Crippen MR) is 112 cm³/mol. The average molecular weight is 429 g/mol. The fourth-order valence-corrected chi connectivity index (χ4v) is 4.59. The molecule has 0 saturated carbocycles. The lowest BCUT2D eigenvalue weighted by Gasteiger charge is -2.32. The number of nitrogens with zero attached hydrogens (tertiary/aromatic N) is 2. The number of benzene rings is 1. The number of carbonyl (C=O) groups excluding carboxylic acids is 1. The summed E-state index contributed by atoms with van der Waals surface area (Å²) in [5.41, 5.74) is 4.62. The third-order valence-electron chi connectivity index (χ3n) is 5.94. The monoisotopic (exact) mass is 428 g/mol. The molecule has 2 heterocycles. The van der Waals surface area contributed by atoms with Crippen LogP contribution < -0.4 is 0 Å². The summed E-state index contributed by atoms with van der Waals surface area (Å²) in [5, 5.41) is 9.35. The van der Waals surface area contributed by atoms with Crippen LogP contribution in [0.5, 0.6) is 0 Å². The van der Waals surface area contributed by atoms with Gasteiger partial charge in [-0.1, -0.05) is 23.7 Å². The molecule has 3 aromatic rings. The van der Waals surface area contributed by atoms with Gasteiger partial charge in [0.05, 0.1) is 17.9 Å². The lowest BCUT2D eigenvalue weighted by Crippen LogP contribution is -2.41. The van der Waals surface area contributed by atoms with E-state index in [1.807, 2.05) is 24.4 Å². The first-order valence-corrected chi connectivity index (χ1v) is 10.2. The van der Waals surface area contributed by atoms with Crippen molar-refractivity contribution < 1.29 is 19.1 Å². The van der Waals surface area contributed by atoms with E-state index in [1.165, 1.54) is 12.1 Å². The molecule has 0 fully saturated rings. The fourth-order valence-electron chi connectivity index (χ4n) is 4.38. The third kappa shape index (κ3) is 3.79. The zero-order valence-electron chi connectivity index (χ0n) is 16.6. The molecule has 0 aliphatic heterocycles. The van der Waals surface area contributed by atoms with E-state index in [-0.39, 0.29) is 29.8 Å². The summed E-state index contributed by atoms with van der Waals surface area (Å²) >= 11 is 5.83. The quantitative estimate of drug-likeness (QED) is 0.670. The molecular weight excluding hydrogens is 407 g/mol. The minimum Gasteiger partial charge on any atom is -0.481 e. The van der Waals surface area contributed by atoms with Gasteiger partial charge in [0.2, 0.25) is 5.91 Å². The molecule has 4 rings (SSSR count). The first kappa shape index (κ1) is 20.4. The van der Waals surface area contributed by atoms with E-state index < -0.39 is 11.8 Å². The van der Waals surface area contributed by atoms with Crippen molar-refractivity contribution in [3.63, 3.8) is 0 Å². The highest BCUT2D eigenvalue weighted by Gasteiger charge is 2.30. The molecule has 0 unspecified atom stereocenters. The molecule has 0 bridgehead atoms. The van der Waals surface area contributed by atoms with Crippen molar-refractivity contribution in [2.75, 3.05) is 7.05 Å². The second-order valence-corrected chi connectivity index (χ2v) is 8.16. The average Bonchev–Trinajstić information content (AvgIpc) is 3.03. The van der Waals surface area contributed by atoms with Gasteiger partial charge in [0.1, 0.15) is 5.82 Å². The van der Waals surface area contributed by atoms with Crippen LogP contribution in [0.4, 0.5) is 4.39 Å². The van der Waals surface area contributed by atoms with E-state index in [2.05, 4.69) is 4.40 Å². The number of hydrogen-bond acceptors (Lipinski definition) is 2. The van der Waals surface area contributed by atoms with Gasteiger partial charge in [-0.25, -0.2) is 4.39 Å². The molecule has 0 radical (unpaired) electrons. The molecule has 7 heteroatoms. The summed E-state index contributed by atoms with van der Waals surface area (Å²) in [4.78, 5) is 26.0. The second-order valence-electron chi connectivity index (χ2n) is 7.76. The first-order valence-electron chi connectivity index (χ1n) is 9.86. The fraction of sp³-hybridized carbons (Fsp3) is 0.304. The Balaban J connectivity index is 1.57. The summed E-state index contributed by atoms with van der Waals surface area (Å²) in [6.07, 6.45) is 4.25. The smallest absolute Gasteiger partial charge is 0.307 e. The van der Waals surface area contributed by atoms with Gasteiger partial charge < -0.3 is 14.4 Å². The number of aliphatic carboxylic acids is 1. The van der Waals surface area contributed by atoms with E-state index in [9.17, 15) is 19.1 Å². The number of halogens is 2. The van der Waals surface area contributed by atoms with E-state index in [1.54, 1.807) is 18.0 Å². The second kappa shape index (κ2) is 8.11. The summed E-state index contributed by atoms with van der Waals surface area (Å²) < 4.78 is 15.4. The Labute approximate surface area is 178 Å². The Kier molecular flexibility index (Phi) is 5.52. The number of rotatable bonds is 5. The number of aromatic nitrogens is 1. The number of pyridine rings is 1. The molecule has 5 nitrogen and oxygen atoms in total. The molecule has 30 heavy (non-hydrogen) atoms. The van der Waals surface area contributed by atoms with Gasteiger partial charge in [-0.3, -0.25) is 9.59 Å². The van der Waals surface area contributed by atoms with Crippen molar-refractivity contribution in [3.05, 3.63) is 75.8 Å². The van der Waals surface area contributed by atoms with E-state index in [0.29, 0.717) is 12.0 Å². The van der Waals surface area contributed by atoms with Crippen LogP contribution in [0.15, 0.2) is 42.6 Å².